The van der Waals surface area contributed by atoms with Gasteiger partial charge in [0.2, 0.25) is 14.9 Å². The second-order valence-electron chi connectivity index (χ2n) is 3.22. The first kappa shape index (κ1) is 10.0. The quantitative estimate of drug-likeness (QED) is 0.784. The van der Waals surface area contributed by atoms with Crippen LogP contribution in [0.25, 0.3) is 11.0 Å². The van der Waals surface area contributed by atoms with Gasteiger partial charge in [-0.3, -0.25) is 0 Å². The Balaban J connectivity index is 2.76. The molecule has 0 aliphatic heterocycles. The summed E-state index contributed by atoms with van der Waals surface area (Å²) in [5, 5.41) is 0.678. The molecule has 0 bridgehead atoms. The average molecular weight is 226 g/mol. The molecule has 0 spiro atoms. The molecule has 0 saturated heterocycles. The lowest BCUT2D eigenvalue weighted by atomic mass is 10.2. The lowest BCUT2D eigenvalue weighted by Crippen LogP contribution is -1.93. The molecule has 0 saturated carbocycles. The lowest BCUT2D eigenvalue weighted by Gasteiger charge is -1.98. The molecule has 4 nitrogen and oxygen atoms in total. The lowest BCUT2D eigenvalue weighted by molar-refractivity contribution is 0.401. The van der Waals surface area contributed by atoms with Crippen molar-refractivity contribution < 1.29 is 17.6 Å². The van der Waals surface area contributed by atoms with Crippen molar-refractivity contribution in [3.8, 4) is 5.75 Å². The predicted octanol–water partition coefficient (Wildman–Crippen LogP) is 1.84. The molecule has 0 N–H and O–H groups in total. The first-order valence-corrected chi connectivity index (χ1v) is 6.18. The highest BCUT2D eigenvalue weighted by atomic mass is 32.2. The fourth-order valence-electron chi connectivity index (χ4n) is 1.36. The smallest absolute Gasteiger partial charge is 0.219 e. The number of fused-ring (bicyclic) bond motifs is 1. The molecule has 2 aromatic rings. The van der Waals surface area contributed by atoms with Crippen LogP contribution < -0.4 is 4.74 Å². The maximum atomic E-state index is 11.3. The van der Waals surface area contributed by atoms with Gasteiger partial charge in [0.05, 0.1) is 7.11 Å². The summed E-state index contributed by atoms with van der Waals surface area (Å²) in [6, 6.07) is 6.77. The molecule has 0 aliphatic rings. The van der Waals surface area contributed by atoms with E-state index >= 15 is 0 Å². The monoisotopic (exact) mass is 226 g/mol. The van der Waals surface area contributed by atoms with Gasteiger partial charge in [-0.25, -0.2) is 8.42 Å². The Morgan fingerprint density at radius 2 is 2.07 bits per heavy atom. The minimum Gasteiger partial charge on any atom is -0.493 e. The number of hydrogen-bond donors (Lipinski definition) is 0. The van der Waals surface area contributed by atoms with E-state index in [9.17, 15) is 8.42 Å². The third-order valence-electron chi connectivity index (χ3n) is 2.07. The number of ether oxygens (including phenoxy) is 1. The number of para-hydroxylation sites is 1. The molecular formula is C10H10O4S. The van der Waals surface area contributed by atoms with Gasteiger partial charge in [0, 0.05) is 17.7 Å². The number of furan rings is 1. The van der Waals surface area contributed by atoms with E-state index in [0.717, 1.165) is 11.6 Å². The zero-order valence-corrected chi connectivity index (χ0v) is 9.17. The van der Waals surface area contributed by atoms with Gasteiger partial charge in [0.1, 0.15) is 0 Å². The van der Waals surface area contributed by atoms with Crippen LogP contribution in [0.3, 0.4) is 0 Å². The summed E-state index contributed by atoms with van der Waals surface area (Å²) >= 11 is 0. The normalized spacial score (nSPS) is 11.9. The summed E-state index contributed by atoms with van der Waals surface area (Å²) in [6.45, 7) is 0. The van der Waals surface area contributed by atoms with Crippen LogP contribution in [-0.2, 0) is 9.84 Å². The molecule has 80 valence electrons. The molecular weight excluding hydrogens is 216 g/mol. The molecule has 0 amide bonds. The van der Waals surface area contributed by atoms with Crippen molar-refractivity contribution in [1.29, 1.82) is 0 Å². The van der Waals surface area contributed by atoms with Crippen LogP contribution in [-0.4, -0.2) is 21.8 Å². The van der Waals surface area contributed by atoms with Crippen molar-refractivity contribution >= 4 is 20.8 Å². The minimum absolute atomic E-state index is 0.0398. The molecule has 0 radical (unpaired) electrons. The summed E-state index contributed by atoms with van der Waals surface area (Å²) in [4.78, 5) is 0. The van der Waals surface area contributed by atoms with Gasteiger partial charge in [-0.2, -0.15) is 0 Å². The van der Waals surface area contributed by atoms with Gasteiger partial charge in [0.15, 0.2) is 11.3 Å². The summed E-state index contributed by atoms with van der Waals surface area (Å²) in [6.07, 6.45) is 1.11. The van der Waals surface area contributed by atoms with Gasteiger partial charge in [-0.1, -0.05) is 12.1 Å². The number of rotatable bonds is 2. The number of sulfone groups is 1. The van der Waals surface area contributed by atoms with E-state index in [0.29, 0.717) is 11.3 Å². The largest absolute Gasteiger partial charge is 0.493 e. The average Bonchev–Trinajstić information content (AvgIpc) is 2.59. The van der Waals surface area contributed by atoms with Crippen molar-refractivity contribution in [2.75, 3.05) is 13.4 Å². The Hall–Kier alpha value is -1.49. The van der Waals surface area contributed by atoms with Crippen LogP contribution >= 0.6 is 0 Å². The molecule has 1 heterocycles. The Morgan fingerprint density at radius 3 is 2.67 bits per heavy atom. The van der Waals surface area contributed by atoms with E-state index in [4.69, 9.17) is 9.15 Å². The van der Waals surface area contributed by atoms with Crippen molar-refractivity contribution in [1.82, 2.24) is 0 Å². The van der Waals surface area contributed by atoms with E-state index < -0.39 is 9.84 Å². The molecule has 2 rings (SSSR count). The highest BCUT2D eigenvalue weighted by Crippen LogP contribution is 2.30. The topological polar surface area (TPSA) is 56.5 Å². The SMILES string of the molecule is COc1cccc2cc(S(C)(=O)=O)oc12. The van der Waals surface area contributed by atoms with Gasteiger partial charge in [-0.05, 0) is 6.07 Å². The predicted molar refractivity (Wildman–Crippen MR) is 55.9 cm³/mol. The van der Waals surface area contributed by atoms with Crippen molar-refractivity contribution in [2.45, 2.75) is 5.09 Å². The highest BCUT2D eigenvalue weighted by Gasteiger charge is 2.15. The molecule has 15 heavy (non-hydrogen) atoms. The Bertz CT molecular complexity index is 595. The third-order valence-corrected chi connectivity index (χ3v) is 3.00. The minimum atomic E-state index is -3.31. The first-order valence-electron chi connectivity index (χ1n) is 4.29. The van der Waals surface area contributed by atoms with Crippen molar-refractivity contribution in [3.05, 3.63) is 24.3 Å². The maximum Gasteiger partial charge on any atom is 0.219 e. The van der Waals surface area contributed by atoms with Crippen LogP contribution in [0.2, 0.25) is 0 Å². The molecule has 0 unspecified atom stereocenters. The highest BCUT2D eigenvalue weighted by molar-refractivity contribution is 7.90. The summed E-state index contributed by atoms with van der Waals surface area (Å²) in [7, 11) is -1.80. The fraction of sp³-hybridized carbons (Fsp3) is 0.200. The van der Waals surface area contributed by atoms with E-state index in [1.54, 1.807) is 18.2 Å². The Labute approximate surface area is 87.4 Å². The standard InChI is InChI=1S/C10H10O4S/c1-13-8-5-3-4-7-6-9(14-10(7)8)15(2,11)12/h3-6H,1-2H3. The second-order valence-corrected chi connectivity index (χ2v) is 5.16. The van der Waals surface area contributed by atoms with Crippen molar-refractivity contribution in [3.63, 3.8) is 0 Å². The van der Waals surface area contributed by atoms with Crippen LogP contribution in [0.5, 0.6) is 5.75 Å². The second kappa shape index (κ2) is 3.27. The maximum absolute atomic E-state index is 11.3. The van der Waals surface area contributed by atoms with Crippen LogP contribution in [0.15, 0.2) is 33.8 Å². The van der Waals surface area contributed by atoms with Gasteiger partial charge < -0.3 is 9.15 Å². The first-order chi connectivity index (χ1) is 7.02. The molecule has 0 atom stereocenters. The molecule has 0 aliphatic carbocycles. The van der Waals surface area contributed by atoms with E-state index in [1.807, 2.05) is 0 Å². The molecule has 1 aromatic heterocycles. The third kappa shape index (κ3) is 1.70. The zero-order valence-electron chi connectivity index (χ0n) is 8.35. The number of methoxy groups -OCH3 is 1. The van der Waals surface area contributed by atoms with Gasteiger partial charge in [0.25, 0.3) is 0 Å². The van der Waals surface area contributed by atoms with Crippen LogP contribution in [0.1, 0.15) is 0 Å². The summed E-state index contributed by atoms with van der Waals surface area (Å²) in [5.41, 5.74) is 0.459. The van der Waals surface area contributed by atoms with Crippen LogP contribution in [0.4, 0.5) is 0 Å². The van der Waals surface area contributed by atoms with E-state index in [-0.39, 0.29) is 5.09 Å². The van der Waals surface area contributed by atoms with Crippen LogP contribution in [0, 0.1) is 0 Å². The summed E-state index contributed by atoms with van der Waals surface area (Å²) < 4.78 is 32.8. The number of hydrogen-bond acceptors (Lipinski definition) is 4. The zero-order chi connectivity index (χ0) is 11.1. The Kier molecular flexibility index (Phi) is 2.19. The van der Waals surface area contributed by atoms with E-state index in [2.05, 4.69) is 0 Å². The molecule has 1 aromatic carbocycles. The molecule has 0 fully saturated rings. The van der Waals surface area contributed by atoms with Gasteiger partial charge in [-0.15, -0.1) is 0 Å². The molecule has 5 heteroatoms. The fourth-order valence-corrected chi connectivity index (χ4v) is 1.93. The summed E-state index contributed by atoms with van der Waals surface area (Å²) in [5.74, 6) is 0.530. The van der Waals surface area contributed by atoms with E-state index in [1.165, 1.54) is 13.2 Å². The van der Waals surface area contributed by atoms with Gasteiger partial charge >= 0.3 is 0 Å². The Morgan fingerprint density at radius 1 is 1.33 bits per heavy atom. The van der Waals surface area contributed by atoms with Crippen molar-refractivity contribution in [2.24, 2.45) is 0 Å². The number of benzene rings is 1.